The van der Waals surface area contributed by atoms with Gasteiger partial charge in [0.1, 0.15) is 24.4 Å². The zero-order valence-electron chi connectivity index (χ0n) is 19.1. The van der Waals surface area contributed by atoms with Crippen LogP contribution in [0.25, 0.3) is 0 Å². The van der Waals surface area contributed by atoms with E-state index in [0.717, 1.165) is 18.2 Å². The van der Waals surface area contributed by atoms with Crippen LogP contribution in [0.2, 0.25) is 0 Å². The third kappa shape index (κ3) is 6.75. The summed E-state index contributed by atoms with van der Waals surface area (Å²) < 4.78 is 82.2. The molecule has 0 bridgehead atoms. The standard InChI is InChI=1S/C24H28F6O6/c1-10(2-3-11-4-6-14(25)19(29)17(11)27)13(8-12-5-7-15(26)20(30)18(12)28)21(33)23(35)24(36)22(34)16(32)9-31/h4-7,10,13,16,21-24,31-36H,2-3,8-9H2,1H3/t10?,13?,16-,21?,22+,23+,24-/m0/s1. The molecule has 2 aromatic rings. The third-order valence-corrected chi connectivity index (χ3v) is 6.36. The minimum absolute atomic E-state index is 0.0559. The van der Waals surface area contributed by atoms with Crippen LogP contribution >= 0.6 is 0 Å². The van der Waals surface area contributed by atoms with E-state index in [1.165, 1.54) is 6.92 Å². The summed E-state index contributed by atoms with van der Waals surface area (Å²) in [6.45, 7) is 0.474. The minimum Gasteiger partial charge on any atom is -0.394 e. The molecule has 0 radical (unpaired) electrons. The van der Waals surface area contributed by atoms with Crippen LogP contribution < -0.4 is 0 Å². The Kier molecular flexibility index (Phi) is 10.7. The molecule has 202 valence electrons. The average Bonchev–Trinajstić information content (AvgIpc) is 2.87. The topological polar surface area (TPSA) is 121 Å². The van der Waals surface area contributed by atoms with Gasteiger partial charge in [0, 0.05) is 0 Å². The van der Waals surface area contributed by atoms with Gasteiger partial charge in [-0.1, -0.05) is 19.1 Å². The van der Waals surface area contributed by atoms with Gasteiger partial charge in [-0.25, -0.2) is 26.3 Å². The van der Waals surface area contributed by atoms with Crippen LogP contribution in [0.5, 0.6) is 0 Å². The number of aliphatic hydroxyl groups is 6. The van der Waals surface area contributed by atoms with Crippen molar-refractivity contribution in [1.82, 2.24) is 0 Å². The molecule has 0 spiro atoms. The molecule has 2 aromatic carbocycles. The normalized spacial score (nSPS) is 17.8. The molecule has 2 rings (SSSR count). The number of aliphatic hydroxyl groups excluding tert-OH is 6. The Morgan fingerprint density at radius 1 is 0.639 bits per heavy atom. The first kappa shape index (κ1) is 30.0. The molecule has 6 nitrogen and oxygen atoms in total. The molecule has 6 N–H and O–H groups in total. The second-order valence-electron chi connectivity index (χ2n) is 8.77. The highest BCUT2D eigenvalue weighted by Gasteiger charge is 2.39. The molecular formula is C24H28F6O6. The predicted molar refractivity (Wildman–Crippen MR) is 114 cm³/mol. The van der Waals surface area contributed by atoms with Gasteiger partial charge in [0.2, 0.25) is 0 Å². The number of rotatable bonds is 12. The van der Waals surface area contributed by atoms with Gasteiger partial charge in [0.15, 0.2) is 34.9 Å². The number of hydrogen-bond acceptors (Lipinski definition) is 6. The van der Waals surface area contributed by atoms with Crippen molar-refractivity contribution in [1.29, 1.82) is 0 Å². The maximum atomic E-state index is 14.3. The monoisotopic (exact) mass is 526 g/mol. The summed E-state index contributed by atoms with van der Waals surface area (Å²) in [5.41, 5.74) is -0.614. The molecule has 0 aromatic heterocycles. The van der Waals surface area contributed by atoms with Gasteiger partial charge < -0.3 is 30.6 Å². The Hall–Kier alpha value is -2.22. The van der Waals surface area contributed by atoms with Crippen molar-refractivity contribution in [2.45, 2.75) is 56.7 Å². The van der Waals surface area contributed by atoms with Crippen LogP contribution in [0.4, 0.5) is 26.3 Å². The number of aryl methyl sites for hydroxylation is 1. The molecule has 0 aliphatic carbocycles. The maximum Gasteiger partial charge on any atom is 0.194 e. The zero-order chi connectivity index (χ0) is 27.3. The SMILES string of the molecule is CC(CCc1ccc(F)c(F)c1F)C(Cc1ccc(F)c(F)c1F)C(O)[C@@H](O)[C@@H](O)[C@H](O)[C@@H](O)CO. The lowest BCUT2D eigenvalue weighted by atomic mass is 9.77. The summed E-state index contributed by atoms with van der Waals surface area (Å²) in [6, 6.07) is 3.27. The molecule has 7 atom stereocenters. The first-order chi connectivity index (χ1) is 16.8. The zero-order valence-corrected chi connectivity index (χ0v) is 19.1. The van der Waals surface area contributed by atoms with E-state index in [1.807, 2.05) is 0 Å². The number of halogens is 6. The lowest BCUT2D eigenvalue weighted by molar-refractivity contribution is -0.152. The molecule has 12 heteroatoms. The number of hydrogen-bond donors (Lipinski definition) is 6. The summed E-state index contributed by atoms with van der Waals surface area (Å²) in [7, 11) is 0. The van der Waals surface area contributed by atoms with Crippen molar-refractivity contribution in [2.24, 2.45) is 11.8 Å². The quantitative estimate of drug-likeness (QED) is 0.185. The summed E-state index contributed by atoms with van der Waals surface area (Å²) in [6.07, 6.45) is -11.0. The Balaban J connectivity index is 2.33. The first-order valence-corrected chi connectivity index (χ1v) is 11.1. The van der Waals surface area contributed by atoms with Crippen LogP contribution in [0.15, 0.2) is 24.3 Å². The van der Waals surface area contributed by atoms with Crippen molar-refractivity contribution >= 4 is 0 Å². The first-order valence-electron chi connectivity index (χ1n) is 11.1. The summed E-state index contributed by atoms with van der Waals surface area (Å²) in [5, 5.41) is 59.7. The molecule has 0 fully saturated rings. The fourth-order valence-corrected chi connectivity index (χ4v) is 3.99. The number of benzene rings is 2. The highest BCUT2D eigenvalue weighted by Crippen LogP contribution is 2.31. The van der Waals surface area contributed by atoms with Gasteiger partial charge in [-0.3, -0.25) is 0 Å². The van der Waals surface area contributed by atoms with E-state index in [0.29, 0.717) is 6.07 Å². The van der Waals surface area contributed by atoms with Crippen molar-refractivity contribution < 1.29 is 57.0 Å². The average molecular weight is 526 g/mol. The van der Waals surface area contributed by atoms with Gasteiger partial charge in [0.05, 0.1) is 12.7 Å². The molecule has 0 aliphatic rings. The molecule has 0 amide bonds. The van der Waals surface area contributed by atoms with Crippen molar-refractivity contribution in [3.8, 4) is 0 Å². The van der Waals surface area contributed by atoms with E-state index in [4.69, 9.17) is 5.11 Å². The smallest absolute Gasteiger partial charge is 0.194 e. The molecule has 36 heavy (non-hydrogen) atoms. The second-order valence-corrected chi connectivity index (χ2v) is 8.77. The third-order valence-electron chi connectivity index (χ3n) is 6.36. The van der Waals surface area contributed by atoms with E-state index in [2.05, 4.69) is 0 Å². The molecule has 0 heterocycles. The Morgan fingerprint density at radius 2 is 1.11 bits per heavy atom. The van der Waals surface area contributed by atoms with Crippen molar-refractivity contribution in [2.75, 3.05) is 6.61 Å². The van der Waals surface area contributed by atoms with Crippen LogP contribution in [-0.4, -0.2) is 67.8 Å². The fourth-order valence-electron chi connectivity index (χ4n) is 3.99. The van der Waals surface area contributed by atoms with Gasteiger partial charge in [0.25, 0.3) is 0 Å². The second kappa shape index (κ2) is 12.8. The van der Waals surface area contributed by atoms with Crippen LogP contribution in [0.3, 0.4) is 0 Å². The van der Waals surface area contributed by atoms with E-state index < -0.39 is 95.9 Å². The highest BCUT2D eigenvalue weighted by molar-refractivity contribution is 5.22. The largest absolute Gasteiger partial charge is 0.394 e. The lowest BCUT2D eigenvalue weighted by Gasteiger charge is -2.35. The van der Waals surface area contributed by atoms with Crippen molar-refractivity contribution in [3.05, 3.63) is 70.3 Å². The molecular weight excluding hydrogens is 498 g/mol. The van der Waals surface area contributed by atoms with E-state index in [-0.39, 0.29) is 18.4 Å². The van der Waals surface area contributed by atoms with E-state index in [1.54, 1.807) is 0 Å². The minimum atomic E-state index is -2.18. The molecule has 0 saturated carbocycles. The lowest BCUT2D eigenvalue weighted by Crippen LogP contribution is -2.52. The van der Waals surface area contributed by atoms with E-state index in [9.17, 15) is 51.9 Å². The van der Waals surface area contributed by atoms with Gasteiger partial charge >= 0.3 is 0 Å². The molecule has 0 saturated heterocycles. The molecule has 0 aliphatic heterocycles. The Labute approximate surface area is 203 Å². The molecule has 3 unspecified atom stereocenters. The van der Waals surface area contributed by atoms with Crippen molar-refractivity contribution in [3.63, 3.8) is 0 Å². The van der Waals surface area contributed by atoms with Crippen LogP contribution in [0.1, 0.15) is 24.5 Å². The van der Waals surface area contributed by atoms with Crippen LogP contribution in [-0.2, 0) is 12.8 Å². The van der Waals surface area contributed by atoms with Gasteiger partial charge in [-0.2, -0.15) is 0 Å². The van der Waals surface area contributed by atoms with Gasteiger partial charge in [-0.15, -0.1) is 0 Å². The summed E-state index contributed by atoms with van der Waals surface area (Å²) in [5.74, 6) is -11.3. The van der Waals surface area contributed by atoms with Gasteiger partial charge in [-0.05, 0) is 54.4 Å². The summed E-state index contributed by atoms with van der Waals surface area (Å²) >= 11 is 0. The summed E-state index contributed by atoms with van der Waals surface area (Å²) in [4.78, 5) is 0. The Bertz CT molecular complexity index is 1030. The Morgan fingerprint density at radius 3 is 1.64 bits per heavy atom. The predicted octanol–water partition coefficient (Wildman–Crippen LogP) is 1.75. The maximum absolute atomic E-state index is 14.3. The highest BCUT2D eigenvalue weighted by atomic mass is 19.2. The fraction of sp³-hybridized carbons (Fsp3) is 0.500. The van der Waals surface area contributed by atoms with Crippen LogP contribution in [0, 0.1) is 46.7 Å². The van der Waals surface area contributed by atoms with E-state index >= 15 is 0 Å².